The van der Waals surface area contributed by atoms with Gasteiger partial charge in [-0.25, -0.2) is 0 Å². The van der Waals surface area contributed by atoms with E-state index in [4.69, 9.17) is 69.5 Å². The Hall–Kier alpha value is 0.187. The first kappa shape index (κ1) is 112. The summed E-state index contributed by atoms with van der Waals surface area (Å²) in [5.74, 6) is 1.66. The van der Waals surface area contributed by atoms with Gasteiger partial charge in [0.25, 0.3) is 0 Å². The monoisotopic (exact) mass is 1610 g/mol. The molecular weight excluding hydrogens is 1460 g/mol. The Kier molecular flexibility index (Phi) is 130. The zero-order valence-corrected chi connectivity index (χ0v) is 69.4. The van der Waals surface area contributed by atoms with Crippen LogP contribution in [0, 0.1) is 0 Å². The van der Waals surface area contributed by atoms with E-state index in [1.54, 1.807) is 0 Å². The first-order valence-electron chi connectivity index (χ1n) is 36.8. The summed E-state index contributed by atoms with van der Waals surface area (Å²) in [7, 11) is 0. The van der Waals surface area contributed by atoms with Crippen molar-refractivity contribution in [2.75, 3.05) is 49.4 Å². The van der Waals surface area contributed by atoms with Gasteiger partial charge in [0.2, 0.25) is 0 Å². The molecule has 4 radical (unpaired) electrons. The van der Waals surface area contributed by atoms with Gasteiger partial charge in [-0.15, -0.1) is 23.0 Å². The van der Waals surface area contributed by atoms with Gasteiger partial charge < -0.3 is 69.5 Å². The second kappa shape index (κ2) is 108. The third-order valence-electron chi connectivity index (χ3n) is 14.9. The minimum absolute atomic E-state index is 0. The van der Waals surface area contributed by atoms with Gasteiger partial charge in [-0.1, -0.05) is 297 Å². The van der Waals surface area contributed by atoms with Crippen molar-refractivity contribution < 1.29 is 38.1 Å². The molecule has 0 aromatic carbocycles. The van der Waals surface area contributed by atoms with Crippen LogP contribution in [0.15, 0.2) is 48.6 Å². The van der Waals surface area contributed by atoms with Crippen LogP contribution in [0.5, 0.6) is 0 Å². The Morgan fingerprint density at radius 3 is 0.505 bits per heavy atom. The van der Waals surface area contributed by atoms with Crippen molar-refractivity contribution in [3.8, 4) is 0 Å². The van der Waals surface area contributed by atoms with Crippen LogP contribution in [0.4, 0.5) is 0 Å². The summed E-state index contributed by atoms with van der Waals surface area (Å²) < 4.78 is 19.8. The first-order chi connectivity index (χ1) is 43.2. The molecule has 0 N–H and O–H groups in total. The van der Waals surface area contributed by atoms with Crippen molar-refractivity contribution in [1.82, 2.24) is 0 Å². The molecule has 0 fully saturated rings. The van der Waals surface area contributed by atoms with Gasteiger partial charge in [0.05, 0.1) is 26.4 Å². The molecule has 0 heterocycles. The third-order valence-corrected chi connectivity index (χ3v) is 15.5. The minimum Gasteiger partial charge on any atom is -0.789 e. The van der Waals surface area contributed by atoms with Gasteiger partial charge in [-0.05, 0) is 103 Å². The number of allylic oxidation sites excluding steroid dienone is 8. The number of carbonyl (C=O) groups is 4. The summed E-state index contributed by atoms with van der Waals surface area (Å²) in [4.78, 5) is 45.0. The van der Waals surface area contributed by atoms with Gasteiger partial charge >= 0.3 is 71.7 Å². The molecule has 0 aliphatic heterocycles. The van der Waals surface area contributed by atoms with Gasteiger partial charge in [0.15, 0.2) is 0 Å². The maximum Gasteiger partial charge on any atom is 2.00 e. The SMILES string of the molecule is C.C.CCC/C=C/CCCCCCCCCCCC(=O)OCC[S-].CCC/C=C/CCCCCCCCCCCC(=O)OCC[S-].CCC/C=C/CCCCCCCCCCCC(=O)OCC[S-].CCC/C=C/CCCCCCCCCCCC(=O)OCC[S-].S.[Sn+2].[Sn+2]. The molecule has 0 aliphatic carbocycles. The summed E-state index contributed by atoms with van der Waals surface area (Å²) in [5.41, 5.74) is 0. The fourth-order valence-electron chi connectivity index (χ4n) is 9.60. The molecule has 93 heavy (non-hydrogen) atoms. The molecule has 0 spiro atoms. The molecule has 0 saturated carbocycles. The number of ether oxygens (including phenoxy) is 4. The molecular formula is C78H150O8S5Sn2. The number of carbonyl (C=O) groups excluding carboxylic acids is 4. The molecule has 0 aromatic heterocycles. The van der Waals surface area contributed by atoms with Crippen LogP contribution in [0.3, 0.4) is 0 Å². The Labute approximate surface area is 642 Å². The molecule has 0 rings (SSSR count). The molecule has 0 saturated heterocycles. The predicted molar refractivity (Wildman–Crippen MR) is 427 cm³/mol. The quantitative estimate of drug-likeness (QED) is 0.0145. The number of esters is 4. The molecule has 548 valence electrons. The fourth-order valence-corrected chi connectivity index (χ4v) is 9.93. The topological polar surface area (TPSA) is 105 Å². The molecule has 0 atom stereocenters. The molecule has 0 bridgehead atoms. The van der Waals surface area contributed by atoms with Crippen molar-refractivity contribution in [2.24, 2.45) is 0 Å². The largest absolute Gasteiger partial charge is 2.00 e. The molecule has 0 unspecified atom stereocenters. The van der Waals surface area contributed by atoms with Crippen LogP contribution >= 0.6 is 13.5 Å². The Morgan fingerprint density at radius 2 is 0.366 bits per heavy atom. The summed E-state index contributed by atoms with van der Waals surface area (Å²) in [5, 5.41) is 0. The van der Waals surface area contributed by atoms with Crippen LogP contribution in [0.2, 0.25) is 0 Å². The third kappa shape index (κ3) is 117. The average Bonchev–Trinajstić information content (AvgIpc) is 3.56. The van der Waals surface area contributed by atoms with Gasteiger partial charge in [-0.3, -0.25) is 19.2 Å². The van der Waals surface area contributed by atoms with Crippen LogP contribution in [0.1, 0.15) is 376 Å². The van der Waals surface area contributed by atoms with Gasteiger partial charge in [0.1, 0.15) is 0 Å². The Bertz CT molecular complexity index is 1290. The molecule has 0 aliphatic rings. The van der Waals surface area contributed by atoms with Crippen molar-refractivity contribution >= 4 is 136 Å². The molecule has 0 amide bonds. The molecule has 15 heteroatoms. The van der Waals surface area contributed by atoms with Gasteiger partial charge in [0, 0.05) is 25.7 Å². The van der Waals surface area contributed by atoms with Crippen LogP contribution in [-0.2, 0) is 88.6 Å². The van der Waals surface area contributed by atoms with E-state index in [2.05, 4.69) is 76.3 Å². The Morgan fingerprint density at radius 1 is 0.237 bits per heavy atom. The molecule has 8 nitrogen and oxygen atoms in total. The van der Waals surface area contributed by atoms with E-state index in [0.717, 1.165) is 51.4 Å². The smallest absolute Gasteiger partial charge is 0.789 e. The van der Waals surface area contributed by atoms with Crippen LogP contribution in [0.25, 0.3) is 0 Å². The zero-order chi connectivity index (χ0) is 65.2. The number of rotatable bonds is 64. The van der Waals surface area contributed by atoms with Crippen molar-refractivity contribution in [1.29, 1.82) is 0 Å². The van der Waals surface area contributed by atoms with Gasteiger partial charge in [-0.2, -0.15) is 13.5 Å². The molecule has 0 aromatic rings. The number of hydrogen-bond acceptors (Lipinski definition) is 12. The van der Waals surface area contributed by atoms with Crippen molar-refractivity contribution in [3.05, 3.63) is 48.6 Å². The number of hydrogen-bond donors (Lipinski definition) is 0. The second-order valence-corrected chi connectivity index (χ2v) is 25.3. The second-order valence-electron chi connectivity index (χ2n) is 23.6. The average molecular weight is 1610 g/mol. The normalized spacial score (nSPS) is 10.6. The minimum atomic E-state index is -0.0853. The predicted octanol–water partition coefficient (Wildman–Crippen LogP) is 23.5. The van der Waals surface area contributed by atoms with Crippen LogP contribution < -0.4 is 0 Å². The maximum atomic E-state index is 11.2. The first-order valence-corrected chi connectivity index (χ1v) is 39.1. The fraction of sp³-hybridized carbons (Fsp3) is 0.846. The van der Waals surface area contributed by atoms with E-state index >= 15 is 0 Å². The zero-order valence-electron chi connectivity index (χ0n) is 59.4. The summed E-state index contributed by atoms with van der Waals surface area (Å²) in [6.45, 7) is 10.4. The maximum absolute atomic E-state index is 11.2. The van der Waals surface area contributed by atoms with E-state index < -0.39 is 0 Å². The van der Waals surface area contributed by atoms with Crippen molar-refractivity contribution in [3.63, 3.8) is 0 Å². The summed E-state index contributed by atoms with van der Waals surface area (Å²) in [6.07, 6.45) is 81.5. The summed E-state index contributed by atoms with van der Waals surface area (Å²) >= 11 is 18.9. The van der Waals surface area contributed by atoms with E-state index in [0.29, 0.717) is 75.1 Å². The van der Waals surface area contributed by atoms with E-state index in [1.165, 1.54) is 257 Å². The number of unbranched alkanes of at least 4 members (excludes halogenated alkanes) is 40. The van der Waals surface area contributed by atoms with E-state index in [1.807, 2.05) is 0 Å². The van der Waals surface area contributed by atoms with Crippen molar-refractivity contribution in [2.45, 2.75) is 376 Å². The Balaban J connectivity index is -0.000000142. The van der Waals surface area contributed by atoms with E-state index in [9.17, 15) is 19.2 Å². The summed E-state index contributed by atoms with van der Waals surface area (Å²) in [6, 6.07) is 0. The van der Waals surface area contributed by atoms with Crippen LogP contribution in [-0.4, -0.2) is 121 Å². The van der Waals surface area contributed by atoms with E-state index in [-0.39, 0.29) is 100 Å². The standard InChI is InChI=1S/4C19H36O2S.2CH4.H2S.2Sn/c4*1-2-3-4-5-6-7-8-9-10-11-12-13-14-15-16-19(20)21-17-18-22;;;;;/h4*4-5,22H,2-3,6-18H2,1H3;2*1H4;1H2;;/q;;;;;;;2*+2/p-4/b4*5-4+;;;;;.